The number of methoxy groups -OCH3 is 2. The SMILES string of the molecule is COc1ccc(CN2C(=O)[C@@H]3[C@H]2[C@@H](O)CN3C)c(OC)c1. The Bertz CT molecular complexity index is 563. The smallest absolute Gasteiger partial charge is 0.242 e. The molecule has 0 bridgehead atoms. The number of fused-ring (bicyclic) bond motifs is 1. The van der Waals surface area contributed by atoms with Crippen LogP contribution in [0.5, 0.6) is 11.5 Å². The van der Waals surface area contributed by atoms with Crippen LogP contribution in [0.3, 0.4) is 0 Å². The number of carbonyl (C=O) groups excluding carboxylic acids is 1. The highest BCUT2D eigenvalue weighted by Gasteiger charge is 2.57. The zero-order chi connectivity index (χ0) is 15.1. The predicted octanol–water partition coefficient (Wildman–Crippen LogP) is 0.0895. The van der Waals surface area contributed by atoms with E-state index in [4.69, 9.17) is 9.47 Å². The number of β-amino-alcohol motifs (C(OH)–C–C–N with tert-alkyl or cyclic N) is 1. The Labute approximate surface area is 123 Å². The number of amides is 1. The van der Waals surface area contributed by atoms with E-state index in [1.54, 1.807) is 25.2 Å². The van der Waals surface area contributed by atoms with Crippen molar-refractivity contribution in [1.82, 2.24) is 9.80 Å². The van der Waals surface area contributed by atoms with E-state index < -0.39 is 6.10 Å². The van der Waals surface area contributed by atoms with Crippen molar-refractivity contribution in [1.29, 1.82) is 0 Å². The van der Waals surface area contributed by atoms with E-state index >= 15 is 0 Å². The van der Waals surface area contributed by atoms with E-state index in [1.807, 2.05) is 24.1 Å². The molecular formula is C15H20N2O4. The third kappa shape index (κ3) is 2.15. The fourth-order valence-electron chi connectivity index (χ4n) is 3.28. The zero-order valence-corrected chi connectivity index (χ0v) is 12.4. The topological polar surface area (TPSA) is 62.2 Å². The number of hydrogen-bond donors (Lipinski definition) is 1. The molecule has 1 aromatic rings. The first-order chi connectivity index (χ1) is 10.1. The van der Waals surface area contributed by atoms with Gasteiger partial charge in [0.25, 0.3) is 0 Å². The highest BCUT2D eigenvalue weighted by atomic mass is 16.5. The number of benzene rings is 1. The van der Waals surface area contributed by atoms with Gasteiger partial charge >= 0.3 is 0 Å². The van der Waals surface area contributed by atoms with Crippen LogP contribution in [-0.2, 0) is 11.3 Å². The third-order valence-corrected chi connectivity index (χ3v) is 4.40. The number of hydrogen-bond acceptors (Lipinski definition) is 5. The summed E-state index contributed by atoms with van der Waals surface area (Å²) in [6.07, 6.45) is -0.484. The number of likely N-dealkylation sites (tertiary alicyclic amines) is 2. The maximum Gasteiger partial charge on any atom is 0.242 e. The van der Waals surface area contributed by atoms with Crippen LogP contribution in [-0.4, -0.2) is 66.8 Å². The van der Waals surface area contributed by atoms with Crippen molar-refractivity contribution in [2.24, 2.45) is 0 Å². The molecule has 0 radical (unpaired) electrons. The molecule has 0 aliphatic carbocycles. The molecular weight excluding hydrogens is 272 g/mol. The Morgan fingerprint density at radius 1 is 1.33 bits per heavy atom. The highest BCUT2D eigenvalue weighted by molar-refractivity contribution is 5.90. The van der Waals surface area contributed by atoms with E-state index in [2.05, 4.69) is 0 Å². The van der Waals surface area contributed by atoms with Gasteiger partial charge in [-0.25, -0.2) is 0 Å². The van der Waals surface area contributed by atoms with Crippen LogP contribution in [0.25, 0.3) is 0 Å². The molecule has 1 N–H and O–H groups in total. The number of aliphatic hydroxyl groups is 1. The minimum Gasteiger partial charge on any atom is -0.497 e. The first kappa shape index (κ1) is 14.2. The van der Waals surface area contributed by atoms with E-state index in [9.17, 15) is 9.90 Å². The van der Waals surface area contributed by atoms with Crippen molar-refractivity contribution in [3.63, 3.8) is 0 Å². The first-order valence-electron chi connectivity index (χ1n) is 6.96. The number of carbonyl (C=O) groups is 1. The molecule has 1 amide bonds. The van der Waals surface area contributed by atoms with E-state index in [0.717, 1.165) is 5.56 Å². The lowest BCUT2D eigenvalue weighted by Crippen LogP contribution is -2.67. The number of nitrogens with zero attached hydrogens (tertiary/aromatic N) is 2. The molecule has 6 nitrogen and oxygen atoms in total. The Balaban J connectivity index is 1.80. The van der Waals surface area contributed by atoms with Crippen LogP contribution in [0.4, 0.5) is 0 Å². The molecule has 3 atom stereocenters. The maximum atomic E-state index is 12.2. The molecule has 3 rings (SSSR count). The summed E-state index contributed by atoms with van der Waals surface area (Å²) in [6.45, 7) is 0.982. The minimum absolute atomic E-state index is 0.0666. The van der Waals surface area contributed by atoms with Gasteiger partial charge in [0.15, 0.2) is 0 Å². The molecule has 0 spiro atoms. The Morgan fingerprint density at radius 2 is 2.10 bits per heavy atom. The molecule has 2 heterocycles. The number of aliphatic hydroxyl groups excluding tert-OH is 1. The summed E-state index contributed by atoms with van der Waals surface area (Å²) in [7, 11) is 5.07. The van der Waals surface area contributed by atoms with Gasteiger partial charge in [-0.15, -0.1) is 0 Å². The van der Waals surface area contributed by atoms with Gasteiger partial charge in [-0.3, -0.25) is 9.69 Å². The van der Waals surface area contributed by atoms with Crippen LogP contribution >= 0.6 is 0 Å². The molecule has 0 unspecified atom stereocenters. The molecule has 0 saturated carbocycles. The normalized spacial score (nSPS) is 28.3. The Hall–Kier alpha value is -1.79. The molecule has 1 aromatic carbocycles. The predicted molar refractivity (Wildman–Crippen MR) is 76.3 cm³/mol. The second kappa shape index (κ2) is 5.20. The van der Waals surface area contributed by atoms with E-state index in [0.29, 0.717) is 24.6 Å². The van der Waals surface area contributed by atoms with Gasteiger partial charge in [0.1, 0.15) is 17.5 Å². The third-order valence-electron chi connectivity index (χ3n) is 4.40. The molecule has 2 saturated heterocycles. The van der Waals surface area contributed by atoms with Crippen LogP contribution in [0.15, 0.2) is 18.2 Å². The van der Waals surface area contributed by atoms with E-state index in [-0.39, 0.29) is 18.0 Å². The van der Waals surface area contributed by atoms with Crippen LogP contribution < -0.4 is 9.47 Å². The monoisotopic (exact) mass is 292 g/mol. The zero-order valence-electron chi connectivity index (χ0n) is 12.4. The lowest BCUT2D eigenvalue weighted by Gasteiger charge is -2.46. The number of rotatable bonds is 4. The van der Waals surface area contributed by atoms with Crippen molar-refractivity contribution in [3.8, 4) is 11.5 Å². The molecule has 21 heavy (non-hydrogen) atoms. The highest BCUT2D eigenvalue weighted by Crippen LogP contribution is 2.36. The summed E-state index contributed by atoms with van der Waals surface area (Å²) in [5, 5.41) is 10.1. The lowest BCUT2D eigenvalue weighted by molar-refractivity contribution is -0.157. The maximum absolute atomic E-state index is 12.2. The van der Waals surface area contributed by atoms with Crippen molar-refractivity contribution >= 4 is 5.91 Å². The average molecular weight is 292 g/mol. The molecule has 6 heteroatoms. The first-order valence-corrected chi connectivity index (χ1v) is 6.96. The second-order valence-corrected chi connectivity index (χ2v) is 5.59. The summed E-state index contributed by atoms with van der Waals surface area (Å²) in [4.78, 5) is 15.9. The average Bonchev–Trinajstić information content (AvgIpc) is 2.75. The minimum atomic E-state index is -0.484. The molecule has 2 fully saturated rings. The molecule has 2 aliphatic heterocycles. The molecule has 114 valence electrons. The fraction of sp³-hybridized carbons (Fsp3) is 0.533. The fourth-order valence-corrected chi connectivity index (χ4v) is 3.28. The molecule has 2 aliphatic rings. The van der Waals surface area contributed by atoms with Gasteiger partial charge in [-0.1, -0.05) is 0 Å². The van der Waals surface area contributed by atoms with Crippen molar-refractivity contribution in [3.05, 3.63) is 23.8 Å². The Kier molecular flexibility index (Phi) is 3.51. The standard InChI is InChI=1S/C15H20N2O4/c1-16-8-11(18)13-14(16)15(19)17(13)7-9-4-5-10(20-2)6-12(9)21-3/h4-6,11,13-14,18H,7-8H2,1-3H3/t11-,13+,14-/m0/s1. The summed E-state index contributed by atoms with van der Waals surface area (Å²) < 4.78 is 10.5. The van der Waals surface area contributed by atoms with Crippen LogP contribution in [0.1, 0.15) is 5.56 Å². The summed E-state index contributed by atoms with van der Waals surface area (Å²) >= 11 is 0. The summed E-state index contributed by atoms with van der Waals surface area (Å²) in [5.41, 5.74) is 0.909. The summed E-state index contributed by atoms with van der Waals surface area (Å²) in [6, 6.07) is 5.24. The van der Waals surface area contributed by atoms with Gasteiger partial charge in [-0.2, -0.15) is 0 Å². The van der Waals surface area contributed by atoms with Crippen LogP contribution in [0.2, 0.25) is 0 Å². The number of β-lactam (4-membered cyclic amide) rings is 1. The van der Waals surface area contributed by atoms with Gasteiger partial charge in [0.2, 0.25) is 5.91 Å². The lowest BCUT2D eigenvalue weighted by atomic mass is 9.93. The van der Waals surface area contributed by atoms with Gasteiger partial charge in [0, 0.05) is 24.7 Å². The second-order valence-electron chi connectivity index (χ2n) is 5.59. The number of ether oxygens (including phenoxy) is 2. The van der Waals surface area contributed by atoms with Gasteiger partial charge in [0.05, 0.1) is 26.4 Å². The largest absolute Gasteiger partial charge is 0.497 e. The van der Waals surface area contributed by atoms with Crippen molar-refractivity contribution in [2.45, 2.75) is 24.7 Å². The van der Waals surface area contributed by atoms with Gasteiger partial charge in [-0.05, 0) is 19.2 Å². The Morgan fingerprint density at radius 3 is 2.76 bits per heavy atom. The van der Waals surface area contributed by atoms with E-state index in [1.165, 1.54) is 0 Å². The summed E-state index contributed by atoms with van der Waals surface area (Å²) in [5.74, 6) is 1.47. The molecule has 0 aromatic heterocycles. The quantitative estimate of drug-likeness (QED) is 0.797. The van der Waals surface area contributed by atoms with Gasteiger partial charge < -0.3 is 19.5 Å². The van der Waals surface area contributed by atoms with Crippen molar-refractivity contribution < 1.29 is 19.4 Å². The number of likely N-dealkylation sites (N-methyl/N-ethyl adjacent to an activating group) is 1. The van der Waals surface area contributed by atoms with Crippen molar-refractivity contribution in [2.75, 3.05) is 27.8 Å². The van der Waals surface area contributed by atoms with Crippen LogP contribution in [0, 0.1) is 0 Å².